The average Bonchev–Trinajstić information content (AvgIpc) is 3.42. The SMILES string of the molecule is CC(C)C1=C2[C@H]3CC[C@@H]4[C@@]5(C)CC[C@H](OC(=O)CC(C)(C)C(=O)O)C(C)(C)C5CC[C@@]4(C)[C@]3(C)CC[C@@]2([C@H](O)CN(CCN(C)C)Cc2ccc(F)cc2)CC1=O. The lowest BCUT2D eigenvalue weighted by atomic mass is 9.33. The van der Waals surface area contributed by atoms with Crippen LogP contribution in [0.3, 0.4) is 0 Å². The number of halogens is 1. The molecule has 1 aromatic carbocycles. The number of fused-ring (bicyclic) bond motifs is 7. The molecule has 0 saturated heterocycles. The summed E-state index contributed by atoms with van der Waals surface area (Å²) in [6.45, 7) is 22.2. The monoisotopic (exact) mass is 793 g/mol. The number of carboxylic acid groups (broad SMARTS) is 1. The molecule has 5 aliphatic rings. The smallest absolute Gasteiger partial charge is 0.309 e. The van der Waals surface area contributed by atoms with Gasteiger partial charge in [0.15, 0.2) is 5.78 Å². The summed E-state index contributed by atoms with van der Waals surface area (Å²) in [4.78, 5) is 43.7. The molecule has 0 spiro atoms. The summed E-state index contributed by atoms with van der Waals surface area (Å²) in [5, 5.41) is 22.3. The van der Waals surface area contributed by atoms with Gasteiger partial charge in [-0.25, -0.2) is 4.39 Å². The molecule has 1 unspecified atom stereocenters. The largest absolute Gasteiger partial charge is 0.481 e. The zero-order valence-corrected chi connectivity index (χ0v) is 37.0. The second-order valence-electron chi connectivity index (χ2n) is 21.7. The topological polar surface area (TPSA) is 107 Å². The van der Waals surface area contributed by atoms with Gasteiger partial charge in [0.2, 0.25) is 0 Å². The van der Waals surface area contributed by atoms with E-state index in [0.717, 1.165) is 75.6 Å². The van der Waals surface area contributed by atoms with Gasteiger partial charge in [-0.1, -0.05) is 66.2 Å². The number of carboxylic acids is 1. The van der Waals surface area contributed by atoms with Crippen molar-refractivity contribution in [2.75, 3.05) is 33.7 Å². The van der Waals surface area contributed by atoms with Crippen molar-refractivity contribution in [3.8, 4) is 0 Å². The van der Waals surface area contributed by atoms with Crippen LogP contribution < -0.4 is 0 Å². The molecule has 4 saturated carbocycles. The Bertz CT molecular complexity index is 1740. The van der Waals surface area contributed by atoms with E-state index in [4.69, 9.17) is 4.74 Å². The van der Waals surface area contributed by atoms with Crippen LogP contribution in [0.5, 0.6) is 0 Å². The number of aliphatic hydroxyl groups excluding tert-OH is 1. The van der Waals surface area contributed by atoms with E-state index in [1.807, 2.05) is 12.1 Å². The number of aliphatic hydroxyl groups is 1. The van der Waals surface area contributed by atoms with Crippen LogP contribution in [0.2, 0.25) is 0 Å². The Morgan fingerprint density at radius 2 is 1.58 bits per heavy atom. The van der Waals surface area contributed by atoms with E-state index in [0.29, 0.717) is 31.3 Å². The molecule has 9 atom stereocenters. The van der Waals surface area contributed by atoms with Gasteiger partial charge in [0.1, 0.15) is 11.9 Å². The third-order valence-corrected chi connectivity index (χ3v) is 17.1. The number of esters is 1. The predicted octanol–water partition coefficient (Wildman–Crippen LogP) is 8.94. The number of nitrogens with zero attached hydrogens (tertiary/aromatic N) is 2. The lowest BCUT2D eigenvalue weighted by Gasteiger charge is -2.72. The van der Waals surface area contributed by atoms with Gasteiger partial charge in [-0.05, 0) is 142 Å². The summed E-state index contributed by atoms with van der Waals surface area (Å²) < 4.78 is 20.0. The standard InChI is InChI=1S/C48H73FN2O6/c1-30(2)40-34(52)26-48(37(53)29-51(25-24-50(10)11)28-31-12-14-32(49)15-13-31)23-22-46(8)33(41(40)48)16-17-36-45(7)20-19-38(57-39(54)27-43(3,4)42(55)56)44(5,6)35(45)18-21-47(36,46)9/h12-15,30,33,35-38,53H,16-29H2,1-11H3,(H,55,56)/t33-,35?,36-,37-,38+,45+,46-,47-,48+/m1/s1. The molecule has 0 aromatic heterocycles. The van der Waals surface area contributed by atoms with Crippen LogP contribution in [0.1, 0.15) is 132 Å². The molecule has 1 aromatic rings. The number of aliphatic carboxylic acids is 1. The zero-order valence-electron chi connectivity index (χ0n) is 37.0. The lowest BCUT2D eigenvalue weighted by molar-refractivity contribution is -0.235. The van der Waals surface area contributed by atoms with E-state index in [2.05, 4.69) is 72.4 Å². The van der Waals surface area contributed by atoms with Crippen LogP contribution in [-0.4, -0.2) is 83.7 Å². The minimum atomic E-state index is -1.18. The van der Waals surface area contributed by atoms with Gasteiger partial charge in [0.05, 0.1) is 17.9 Å². The van der Waals surface area contributed by atoms with Gasteiger partial charge < -0.3 is 19.8 Å². The molecular formula is C48H73FN2O6. The molecule has 4 fully saturated rings. The second kappa shape index (κ2) is 15.4. The van der Waals surface area contributed by atoms with Crippen molar-refractivity contribution in [3.05, 3.63) is 46.8 Å². The van der Waals surface area contributed by atoms with Gasteiger partial charge in [0, 0.05) is 43.4 Å². The zero-order chi connectivity index (χ0) is 42.1. The molecule has 0 radical (unpaired) electrons. The summed E-state index contributed by atoms with van der Waals surface area (Å²) in [6.07, 6.45) is 6.88. The number of carbonyl (C=O) groups is 3. The van der Waals surface area contributed by atoms with Crippen LogP contribution in [-0.2, 0) is 25.7 Å². The summed E-state index contributed by atoms with van der Waals surface area (Å²) in [5.41, 5.74) is 1.21. The van der Waals surface area contributed by atoms with Gasteiger partial charge in [-0.15, -0.1) is 0 Å². The van der Waals surface area contributed by atoms with Crippen molar-refractivity contribution >= 4 is 17.7 Å². The van der Waals surface area contributed by atoms with Crippen molar-refractivity contribution in [3.63, 3.8) is 0 Å². The molecule has 0 amide bonds. The summed E-state index contributed by atoms with van der Waals surface area (Å²) >= 11 is 0. The van der Waals surface area contributed by atoms with Crippen LogP contribution in [0.25, 0.3) is 0 Å². The average molecular weight is 793 g/mol. The number of rotatable bonds is 13. The molecule has 57 heavy (non-hydrogen) atoms. The van der Waals surface area contributed by atoms with Crippen molar-refractivity contribution in [2.24, 2.45) is 56.2 Å². The highest BCUT2D eigenvalue weighted by Crippen LogP contribution is 2.77. The fraction of sp³-hybridized carbons (Fsp3) is 0.771. The van der Waals surface area contributed by atoms with Crippen LogP contribution >= 0.6 is 0 Å². The molecule has 6 rings (SSSR count). The Morgan fingerprint density at radius 3 is 2.19 bits per heavy atom. The first kappa shape index (κ1) is 43.9. The van der Waals surface area contributed by atoms with E-state index in [1.165, 1.54) is 17.7 Å². The number of benzene rings is 1. The minimum Gasteiger partial charge on any atom is -0.481 e. The van der Waals surface area contributed by atoms with Crippen molar-refractivity contribution < 1.29 is 33.7 Å². The summed E-state index contributed by atoms with van der Waals surface area (Å²) in [5.74, 6) is -0.380. The quantitative estimate of drug-likeness (QED) is 0.191. The molecule has 0 bridgehead atoms. The third kappa shape index (κ3) is 7.47. The van der Waals surface area contributed by atoms with E-state index in [-0.39, 0.29) is 57.6 Å². The normalized spacial score (nSPS) is 35.5. The van der Waals surface area contributed by atoms with Crippen molar-refractivity contribution in [1.82, 2.24) is 9.80 Å². The minimum absolute atomic E-state index is 0.0183. The molecule has 318 valence electrons. The first-order valence-corrected chi connectivity index (χ1v) is 21.9. The maximum Gasteiger partial charge on any atom is 0.309 e. The fourth-order valence-corrected chi connectivity index (χ4v) is 13.8. The third-order valence-electron chi connectivity index (χ3n) is 17.1. The first-order valence-electron chi connectivity index (χ1n) is 21.9. The number of carbonyl (C=O) groups excluding carboxylic acids is 2. The van der Waals surface area contributed by atoms with E-state index in [9.17, 15) is 29.0 Å². The van der Waals surface area contributed by atoms with Crippen LogP contribution in [0, 0.1) is 62.0 Å². The molecule has 9 heteroatoms. The predicted molar refractivity (Wildman–Crippen MR) is 222 cm³/mol. The number of ketones is 1. The molecule has 0 heterocycles. The number of hydrogen-bond donors (Lipinski definition) is 2. The molecule has 2 N–H and O–H groups in total. The highest BCUT2D eigenvalue weighted by Gasteiger charge is 2.71. The van der Waals surface area contributed by atoms with Gasteiger partial charge in [-0.3, -0.25) is 19.3 Å². The van der Waals surface area contributed by atoms with Crippen LogP contribution in [0.4, 0.5) is 4.39 Å². The van der Waals surface area contributed by atoms with Crippen LogP contribution in [0.15, 0.2) is 35.4 Å². The Hall–Kier alpha value is -2.62. The lowest BCUT2D eigenvalue weighted by Crippen LogP contribution is -2.66. The number of hydrogen-bond acceptors (Lipinski definition) is 7. The molecule has 5 aliphatic carbocycles. The molecule has 8 nitrogen and oxygen atoms in total. The van der Waals surface area contributed by atoms with Gasteiger partial charge >= 0.3 is 11.9 Å². The Labute approximate surface area is 342 Å². The number of ether oxygens (including phenoxy) is 1. The van der Waals surface area contributed by atoms with E-state index in [1.54, 1.807) is 13.8 Å². The first-order chi connectivity index (χ1) is 26.4. The van der Waals surface area contributed by atoms with Crippen molar-refractivity contribution in [2.45, 2.75) is 145 Å². The molecular weight excluding hydrogens is 720 g/mol. The number of likely N-dealkylation sites (N-methyl/N-ethyl adjacent to an activating group) is 1. The fourth-order valence-electron chi connectivity index (χ4n) is 13.8. The van der Waals surface area contributed by atoms with Crippen molar-refractivity contribution in [1.29, 1.82) is 0 Å². The van der Waals surface area contributed by atoms with E-state index < -0.39 is 28.9 Å². The Morgan fingerprint density at radius 1 is 0.912 bits per heavy atom. The summed E-state index contributed by atoms with van der Waals surface area (Å²) in [6, 6.07) is 6.65. The van der Waals surface area contributed by atoms with E-state index >= 15 is 0 Å². The molecule has 0 aliphatic heterocycles. The highest BCUT2D eigenvalue weighted by molar-refractivity contribution is 6.00. The maximum atomic E-state index is 14.3. The van der Waals surface area contributed by atoms with Gasteiger partial charge in [0.25, 0.3) is 0 Å². The Kier molecular flexibility index (Phi) is 11.9. The number of allylic oxidation sites excluding steroid dienone is 1. The highest BCUT2D eigenvalue weighted by atomic mass is 19.1. The second-order valence-corrected chi connectivity index (χ2v) is 21.7. The Balaban J connectivity index is 1.29. The van der Waals surface area contributed by atoms with Gasteiger partial charge in [-0.2, -0.15) is 0 Å². The maximum absolute atomic E-state index is 14.3. The summed E-state index contributed by atoms with van der Waals surface area (Å²) in [7, 11) is 4.10. The number of Topliss-reactive ketones (excluding diaryl/α,β-unsaturated/α-hetero) is 1.